The molecular formula is C25H24ClF3N4O3. The fourth-order valence-corrected chi connectivity index (χ4v) is 3.63. The van der Waals surface area contributed by atoms with Crippen molar-refractivity contribution in [1.82, 2.24) is 9.88 Å². The van der Waals surface area contributed by atoms with E-state index in [-0.39, 0.29) is 17.3 Å². The van der Waals surface area contributed by atoms with Crippen molar-refractivity contribution in [3.8, 4) is 11.5 Å². The number of carbonyl (C=O) groups excluding carboxylic acids is 2. The van der Waals surface area contributed by atoms with Gasteiger partial charge in [-0.15, -0.1) is 0 Å². The second-order valence-electron chi connectivity index (χ2n) is 8.19. The molecule has 190 valence electrons. The van der Waals surface area contributed by atoms with Gasteiger partial charge in [0, 0.05) is 51.8 Å². The lowest BCUT2D eigenvalue weighted by atomic mass is 10.1. The Labute approximate surface area is 211 Å². The molecular weight excluding hydrogens is 497 g/mol. The van der Waals surface area contributed by atoms with Gasteiger partial charge in [-0.3, -0.25) is 19.6 Å². The average molecular weight is 521 g/mol. The number of urea groups is 1. The minimum Gasteiger partial charge on any atom is -0.457 e. The Morgan fingerprint density at radius 3 is 2.19 bits per heavy atom. The van der Waals surface area contributed by atoms with Crippen molar-refractivity contribution in [3.05, 3.63) is 76.6 Å². The monoisotopic (exact) mass is 520 g/mol. The Hall–Kier alpha value is -3.79. The summed E-state index contributed by atoms with van der Waals surface area (Å²) in [5.41, 5.74) is 0.468. The van der Waals surface area contributed by atoms with Crippen molar-refractivity contribution in [2.24, 2.45) is 0 Å². The summed E-state index contributed by atoms with van der Waals surface area (Å²) in [4.78, 5) is 33.1. The van der Waals surface area contributed by atoms with Crippen LogP contribution in [-0.4, -0.2) is 50.0 Å². The van der Waals surface area contributed by atoms with Crippen LogP contribution in [0.15, 0.2) is 54.7 Å². The topological polar surface area (TPSA) is 66.0 Å². The summed E-state index contributed by atoms with van der Waals surface area (Å²) < 4.78 is 45.5. The van der Waals surface area contributed by atoms with Crippen LogP contribution in [-0.2, 0) is 6.18 Å². The van der Waals surface area contributed by atoms with Gasteiger partial charge in [-0.2, -0.15) is 13.2 Å². The highest BCUT2D eigenvalue weighted by Gasteiger charge is 2.34. The van der Waals surface area contributed by atoms with Crippen molar-refractivity contribution in [3.63, 3.8) is 0 Å². The number of alkyl halides is 3. The molecule has 0 saturated carbocycles. The maximum absolute atomic E-state index is 13.2. The predicted octanol–water partition coefficient (Wildman–Crippen LogP) is 6.25. The first-order chi connectivity index (χ1) is 16.8. The van der Waals surface area contributed by atoms with Crippen LogP contribution in [0.25, 0.3) is 0 Å². The van der Waals surface area contributed by atoms with Crippen LogP contribution in [0, 0.1) is 6.92 Å². The lowest BCUT2D eigenvalue weighted by Gasteiger charge is -2.27. The summed E-state index contributed by atoms with van der Waals surface area (Å²) in [6, 6.07) is 10.9. The van der Waals surface area contributed by atoms with Crippen molar-refractivity contribution in [2.45, 2.75) is 13.1 Å². The van der Waals surface area contributed by atoms with Crippen LogP contribution < -0.4 is 14.5 Å². The Kier molecular flexibility index (Phi) is 7.78. The van der Waals surface area contributed by atoms with E-state index in [0.717, 1.165) is 17.0 Å². The van der Waals surface area contributed by atoms with E-state index in [2.05, 4.69) is 4.98 Å². The Morgan fingerprint density at radius 2 is 1.58 bits per heavy atom. The van der Waals surface area contributed by atoms with Crippen LogP contribution >= 0.6 is 11.6 Å². The van der Waals surface area contributed by atoms with Gasteiger partial charge in [0.25, 0.3) is 5.91 Å². The molecule has 1 aromatic heterocycles. The zero-order chi connectivity index (χ0) is 26.8. The lowest BCUT2D eigenvalue weighted by Crippen LogP contribution is -2.39. The fourth-order valence-electron chi connectivity index (χ4n) is 3.40. The number of rotatable bonds is 5. The molecule has 0 aliphatic carbocycles. The number of hydrogen-bond acceptors (Lipinski definition) is 4. The average Bonchev–Trinajstić information content (AvgIpc) is 2.82. The molecule has 0 N–H and O–H groups in total. The van der Waals surface area contributed by atoms with E-state index in [1.165, 1.54) is 42.2 Å². The Balaban J connectivity index is 1.79. The zero-order valence-electron chi connectivity index (χ0n) is 20.2. The number of hydrogen-bond donors (Lipinski definition) is 0. The van der Waals surface area contributed by atoms with Gasteiger partial charge in [0.1, 0.15) is 17.2 Å². The largest absolute Gasteiger partial charge is 0.457 e. The summed E-state index contributed by atoms with van der Waals surface area (Å²) in [5.74, 6) is 0.612. The molecule has 0 saturated heterocycles. The van der Waals surface area contributed by atoms with Gasteiger partial charge >= 0.3 is 12.2 Å². The van der Waals surface area contributed by atoms with Gasteiger partial charge in [-0.05, 0) is 55.0 Å². The molecule has 0 radical (unpaired) electrons. The highest BCUT2D eigenvalue weighted by Crippen LogP contribution is 2.37. The van der Waals surface area contributed by atoms with Crippen molar-refractivity contribution < 1.29 is 27.5 Å². The molecule has 0 aliphatic rings. The number of pyridine rings is 1. The van der Waals surface area contributed by atoms with Gasteiger partial charge in [0.2, 0.25) is 0 Å². The second kappa shape index (κ2) is 10.4. The normalized spacial score (nSPS) is 11.1. The first kappa shape index (κ1) is 26.8. The van der Waals surface area contributed by atoms with E-state index >= 15 is 0 Å². The van der Waals surface area contributed by atoms with E-state index in [9.17, 15) is 22.8 Å². The van der Waals surface area contributed by atoms with Crippen LogP contribution in [0.1, 0.15) is 21.6 Å². The minimum absolute atomic E-state index is 0.0435. The first-order valence-corrected chi connectivity index (χ1v) is 11.0. The van der Waals surface area contributed by atoms with Gasteiger partial charge in [-0.25, -0.2) is 4.79 Å². The lowest BCUT2D eigenvalue weighted by molar-refractivity contribution is -0.137. The number of aryl methyl sites for hydroxylation is 1. The Morgan fingerprint density at radius 1 is 0.917 bits per heavy atom. The number of aromatic nitrogens is 1. The van der Waals surface area contributed by atoms with E-state index < -0.39 is 22.8 Å². The van der Waals surface area contributed by atoms with Crippen LogP contribution in [0.2, 0.25) is 5.02 Å². The minimum atomic E-state index is -4.65. The smallest absolute Gasteiger partial charge is 0.417 e. The van der Waals surface area contributed by atoms with Crippen molar-refractivity contribution in [1.29, 1.82) is 0 Å². The van der Waals surface area contributed by atoms with Crippen molar-refractivity contribution >= 4 is 34.9 Å². The number of amides is 3. The summed E-state index contributed by atoms with van der Waals surface area (Å²) in [7, 11) is 6.14. The Bertz CT molecular complexity index is 1300. The maximum atomic E-state index is 13.2. The highest BCUT2D eigenvalue weighted by molar-refractivity contribution is 6.31. The van der Waals surface area contributed by atoms with Crippen LogP contribution in [0.5, 0.6) is 11.5 Å². The summed E-state index contributed by atoms with van der Waals surface area (Å²) in [5, 5.41) is -0.445. The summed E-state index contributed by atoms with van der Waals surface area (Å²) in [6.07, 6.45) is -3.18. The molecule has 0 spiro atoms. The van der Waals surface area contributed by atoms with Gasteiger partial charge < -0.3 is 9.64 Å². The van der Waals surface area contributed by atoms with Gasteiger partial charge in [0.05, 0.1) is 10.6 Å². The molecule has 3 aromatic rings. The second-order valence-corrected chi connectivity index (χ2v) is 8.60. The van der Waals surface area contributed by atoms with Crippen LogP contribution in [0.3, 0.4) is 0 Å². The maximum Gasteiger partial charge on any atom is 0.417 e. The zero-order valence-corrected chi connectivity index (χ0v) is 21.0. The van der Waals surface area contributed by atoms with Gasteiger partial charge in [0.15, 0.2) is 0 Å². The third-order valence-corrected chi connectivity index (χ3v) is 5.67. The first-order valence-electron chi connectivity index (χ1n) is 10.6. The molecule has 0 aliphatic heterocycles. The summed E-state index contributed by atoms with van der Waals surface area (Å²) in [6.45, 7) is 1.77. The van der Waals surface area contributed by atoms with E-state index in [0.29, 0.717) is 22.7 Å². The van der Waals surface area contributed by atoms with Crippen molar-refractivity contribution in [2.75, 3.05) is 38.0 Å². The standard InChI is InChI=1S/C25H24ClF3N4O3/c1-15-12-17(36-18-10-11-30-21(14-18)23(34)31(2)3)7-9-22(15)33(5)24(35)32(4)16-6-8-20(26)19(13-16)25(27,28)29/h6-14H,1-5H3. The summed E-state index contributed by atoms with van der Waals surface area (Å²) >= 11 is 5.69. The van der Waals surface area contributed by atoms with Gasteiger partial charge in [-0.1, -0.05) is 11.6 Å². The number of nitrogens with zero attached hydrogens (tertiary/aromatic N) is 4. The number of ether oxygens (including phenoxy) is 1. The molecule has 3 amide bonds. The number of anilines is 2. The molecule has 0 unspecified atom stereocenters. The fraction of sp³-hybridized carbons (Fsp3) is 0.240. The molecule has 0 atom stereocenters. The molecule has 2 aromatic carbocycles. The SMILES string of the molecule is Cc1cc(Oc2ccnc(C(=O)N(C)C)c2)ccc1N(C)C(=O)N(C)c1ccc(Cl)c(C(F)(F)F)c1. The number of benzene rings is 2. The van der Waals surface area contributed by atoms with E-state index in [4.69, 9.17) is 16.3 Å². The molecule has 11 heteroatoms. The third-order valence-electron chi connectivity index (χ3n) is 5.34. The molecule has 0 bridgehead atoms. The third kappa shape index (κ3) is 5.88. The molecule has 7 nitrogen and oxygen atoms in total. The molecule has 36 heavy (non-hydrogen) atoms. The highest BCUT2D eigenvalue weighted by atomic mass is 35.5. The van der Waals surface area contributed by atoms with E-state index in [1.54, 1.807) is 45.3 Å². The molecule has 3 rings (SSSR count). The quantitative estimate of drug-likeness (QED) is 0.399. The number of carbonyl (C=O) groups is 2. The number of halogens is 4. The molecule has 1 heterocycles. The molecule has 0 fully saturated rings. The van der Waals surface area contributed by atoms with E-state index in [1.807, 2.05) is 0 Å². The van der Waals surface area contributed by atoms with Crippen LogP contribution in [0.4, 0.5) is 29.3 Å². The predicted molar refractivity (Wildman–Crippen MR) is 132 cm³/mol.